The third-order valence-corrected chi connectivity index (χ3v) is 3.63. The van der Waals surface area contributed by atoms with Crippen LogP contribution in [0.4, 0.5) is 0 Å². The summed E-state index contributed by atoms with van der Waals surface area (Å²) >= 11 is 11.9. The van der Waals surface area contributed by atoms with Gasteiger partial charge in [-0.05, 0) is 29.7 Å². The van der Waals surface area contributed by atoms with Crippen molar-refractivity contribution in [3.8, 4) is 0 Å². The largest absolute Gasteiger partial charge is 0.392 e. The lowest BCUT2D eigenvalue weighted by Crippen LogP contribution is -2.32. The Morgan fingerprint density at radius 3 is 2.17 bits per heavy atom. The van der Waals surface area contributed by atoms with E-state index in [1.165, 1.54) is 0 Å². The van der Waals surface area contributed by atoms with E-state index < -0.39 is 0 Å². The Labute approximate surface area is 119 Å². The number of aliphatic hydroxyl groups is 1. The van der Waals surface area contributed by atoms with E-state index in [9.17, 15) is 5.11 Å². The maximum absolute atomic E-state index is 9.98. The number of hydrogen-bond acceptors (Lipinski definition) is 2. The predicted octanol–water partition coefficient (Wildman–Crippen LogP) is 3.88. The minimum Gasteiger partial charge on any atom is -0.392 e. The van der Waals surface area contributed by atoms with Gasteiger partial charge in [0.1, 0.15) is 0 Å². The standard InChI is InChI=1S/C14H21Cl2NO/c1-3-11(4-2)14(18)9-17-8-10-5-12(15)7-13(16)6-10/h5-7,11,14,17-18H,3-4,8-9H2,1-2H3. The van der Waals surface area contributed by atoms with E-state index >= 15 is 0 Å². The van der Waals surface area contributed by atoms with Crippen molar-refractivity contribution in [1.82, 2.24) is 5.32 Å². The van der Waals surface area contributed by atoms with E-state index in [0.29, 0.717) is 29.1 Å². The molecule has 2 N–H and O–H groups in total. The first-order valence-electron chi connectivity index (χ1n) is 6.40. The van der Waals surface area contributed by atoms with Crippen LogP contribution in [0.5, 0.6) is 0 Å². The van der Waals surface area contributed by atoms with E-state index in [0.717, 1.165) is 18.4 Å². The Hall–Kier alpha value is -0.280. The first-order chi connectivity index (χ1) is 8.56. The van der Waals surface area contributed by atoms with Crippen molar-refractivity contribution in [3.63, 3.8) is 0 Å². The van der Waals surface area contributed by atoms with Crippen molar-refractivity contribution in [2.75, 3.05) is 6.54 Å². The number of aliphatic hydroxyl groups excluding tert-OH is 1. The quantitative estimate of drug-likeness (QED) is 0.798. The Morgan fingerprint density at radius 2 is 1.67 bits per heavy atom. The number of halogens is 2. The van der Waals surface area contributed by atoms with E-state index in [4.69, 9.17) is 23.2 Å². The maximum atomic E-state index is 9.98. The zero-order chi connectivity index (χ0) is 13.5. The van der Waals surface area contributed by atoms with Gasteiger partial charge >= 0.3 is 0 Å². The van der Waals surface area contributed by atoms with Gasteiger partial charge in [-0.2, -0.15) is 0 Å². The third kappa shape index (κ3) is 5.15. The highest BCUT2D eigenvalue weighted by atomic mass is 35.5. The summed E-state index contributed by atoms with van der Waals surface area (Å²) in [7, 11) is 0. The van der Waals surface area contributed by atoms with Crippen LogP contribution in [-0.2, 0) is 6.54 Å². The van der Waals surface area contributed by atoms with Crippen molar-refractivity contribution < 1.29 is 5.11 Å². The zero-order valence-electron chi connectivity index (χ0n) is 10.9. The van der Waals surface area contributed by atoms with Crippen LogP contribution < -0.4 is 5.32 Å². The van der Waals surface area contributed by atoms with Gasteiger partial charge in [-0.1, -0.05) is 49.9 Å². The van der Waals surface area contributed by atoms with Crippen molar-refractivity contribution in [3.05, 3.63) is 33.8 Å². The number of hydrogen-bond donors (Lipinski definition) is 2. The molecule has 0 heterocycles. The van der Waals surface area contributed by atoms with Gasteiger partial charge in [-0.25, -0.2) is 0 Å². The Bertz CT molecular complexity index is 347. The summed E-state index contributed by atoms with van der Waals surface area (Å²) < 4.78 is 0. The molecule has 0 saturated heterocycles. The monoisotopic (exact) mass is 289 g/mol. The molecular formula is C14H21Cl2NO. The molecule has 0 amide bonds. The SMILES string of the molecule is CCC(CC)C(O)CNCc1cc(Cl)cc(Cl)c1. The summed E-state index contributed by atoms with van der Waals surface area (Å²) in [6.07, 6.45) is 1.71. The maximum Gasteiger partial charge on any atom is 0.0692 e. The molecule has 0 aromatic heterocycles. The first-order valence-corrected chi connectivity index (χ1v) is 7.16. The Morgan fingerprint density at radius 1 is 1.11 bits per heavy atom. The van der Waals surface area contributed by atoms with Crippen molar-refractivity contribution in [2.45, 2.75) is 39.3 Å². The van der Waals surface area contributed by atoms with Gasteiger partial charge < -0.3 is 10.4 Å². The summed E-state index contributed by atoms with van der Waals surface area (Å²) in [6, 6.07) is 5.47. The molecule has 0 spiro atoms. The minimum absolute atomic E-state index is 0.297. The normalized spacial score (nSPS) is 13.0. The number of nitrogens with one attached hydrogen (secondary N) is 1. The highest BCUT2D eigenvalue weighted by molar-refractivity contribution is 6.34. The first kappa shape index (κ1) is 15.8. The van der Waals surface area contributed by atoms with Gasteiger partial charge in [0.2, 0.25) is 0 Å². The molecule has 1 aromatic carbocycles. The van der Waals surface area contributed by atoms with E-state index in [1.807, 2.05) is 12.1 Å². The number of rotatable bonds is 7. The van der Waals surface area contributed by atoms with Crippen LogP contribution in [0.1, 0.15) is 32.3 Å². The van der Waals surface area contributed by atoms with Crippen LogP contribution in [0.3, 0.4) is 0 Å². The van der Waals surface area contributed by atoms with Gasteiger partial charge in [0.25, 0.3) is 0 Å². The fraction of sp³-hybridized carbons (Fsp3) is 0.571. The smallest absolute Gasteiger partial charge is 0.0692 e. The lowest BCUT2D eigenvalue weighted by molar-refractivity contribution is 0.101. The second-order valence-electron chi connectivity index (χ2n) is 4.55. The molecule has 0 radical (unpaired) electrons. The molecule has 0 saturated carbocycles. The van der Waals surface area contributed by atoms with E-state index in [1.54, 1.807) is 6.07 Å². The van der Waals surface area contributed by atoms with Crippen molar-refractivity contribution >= 4 is 23.2 Å². The van der Waals surface area contributed by atoms with Crippen LogP contribution in [0, 0.1) is 5.92 Å². The van der Waals surface area contributed by atoms with Gasteiger partial charge in [0, 0.05) is 23.1 Å². The highest BCUT2D eigenvalue weighted by Gasteiger charge is 2.14. The average molecular weight is 290 g/mol. The lowest BCUT2D eigenvalue weighted by Gasteiger charge is -2.20. The summed E-state index contributed by atoms with van der Waals surface area (Å²) in [4.78, 5) is 0. The molecule has 4 heteroatoms. The van der Waals surface area contributed by atoms with Crippen LogP contribution in [0.15, 0.2) is 18.2 Å². The fourth-order valence-corrected chi connectivity index (χ4v) is 2.65. The van der Waals surface area contributed by atoms with Gasteiger partial charge in [0.05, 0.1) is 6.10 Å². The van der Waals surface area contributed by atoms with E-state index in [-0.39, 0.29) is 6.10 Å². The molecule has 2 nitrogen and oxygen atoms in total. The Kier molecular flexibility index (Phi) is 7.02. The number of benzene rings is 1. The predicted molar refractivity (Wildman–Crippen MR) is 78.2 cm³/mol. The van der Waals surface area contributed by atoms with Crippen molar-refractivity contribution in [2.24, 2.45) is 5.92 Å². The van der Waals surface area contributed by atoms with Gasteiger partial charge in [-0.3, -0.25) is 0 Å². The van der Waals surface area contributed by atoms with Gasteiger partial charge in [-0.15, -0.1) is 0 Å². The molecular weight excluding hydrogens is 269 g/mol. The molecule has 1 atom stereocenters. The molecule has 102 valence electrons. The van der Waals surface area contributed by atoms with Crippen LogP contribution in [-0.4, -0.2) is 17.8 Å². The fourth-order valence-electron chi connectivity index (χ4n) is 2.08. The highest BCUT2D eigenvalue weighted by Crippen LogP contribution is 2.19. The molecule has 0 fully saturated rings. The summed E-state index contributed by atoms with van der Waals surface area (Å²) in [6.45, 7) is 5.47. The van der Waals surface area contributed by atoms with Gasteiger partial charge in [0.15, 0.2) is 0 Å². The third-order valence-electron chi connectivity index (χ3n) is 3.20. The van der Waals surface area contributed by atoms with Crippen LogP contribution in [0.2, 0.25) is 10.0 Å². The minimum atomic E-state index is -0.297. The zero-order valence-corrected chi connectivity index (χ0v) is 12.4. The molecule has 0 bridgehead atoms. The second kappa shape index (κ2) is 8.00. The van der Waals surface area contributed by atoms with Crippen LogP contribution >= 0.6 is 23.2 Å². The van der Waals surface area contributed by atoms with Crippen molar-refractivity contribution in [1.29, 1.82) is 0 Å². The molecule has 0 aliphatic rings. The van der Waals surface area contributed by atoms with Crippen LogP contribution in [0.25, 0.3) is 0 Å². The molecule has 1 rings (SSSR count). The summed E-state index contributed by atoms with van der Waals surface area (Å²) in [5.41, 5.74) is 1.03. The molecule has 1 unspecified atom stereocenters. The molecule has 1 aromatic rings. The topological polar surface area (TPSA) is 32.3 Å². The average Bonchev–Trinajstić information content (AvgIpc) is 2.29. The summed E-state index contributed by atoms with van der Waals surface area (Å²) in [5.74, 6) is 0.362. The molecule has 18 heavy (non-hydrogen) atoms. The Balaban J connectivity index is 2.41. The lowest BCUT2D eigenvalue weighted by atomic mass is 9.96. The summed E-state index contributed by atoms with van der Waals surface area (Å²) in [5, 5.41) is 14.5. The molecule has 0 aliphatic carbocycles. The molecule has 0 aliphatic heterocycles. The van der Waals surface area contributed by atoms with E-state index in [2.05, 4.69) is 19.2 Å². The second-order valence-corrected chi connectivity index (χ2v) is 5.43.